The fourth-order valence-electron chi connectivity index (χ4n) is 4.47. The second-order valence-corrected chi connectivity index (χ2v) is 18.8. The van der Waals surface area contributed by atoms with Crippen molar-refractivity contribution in [2.75, 3.05) is 46.6 Å². The average molecular weight is 1260 g/mol. The largest absolute Gasteiger partial charge is 0.476 e. The molecule has 3 N–H and O–H groups in total. The quantitative estimate of drug-likeness (QED) is 0.0887. The minimum absolute atomic E-state index is 0.164. The molecule has 0 aliphatic carbocycles. The molecule has 350 valence electrons. The Bertz CT molecular complexity index is 2530. The standard InChI is InChI=1S/C11H15BrFN3O2S.C8H8BrFN2O2.C6H4BrFN2O.C6H3BrFNO2.C6H3BrFNO/c1-19(17,18)16-4-2-15(3-5-16)8-11-10(13)6-9(12)7-14-11;1-12(14-2)8(13)7-6(10)3-5(9)4-11-7;7-3-1-4(8)5(6(9)11)10-2-3;7-3-1-4(8)5(6(10)11)9-2-3;7-4-1-5(8)6(3-10)9-2-4/h6-7H,2-5,8H2,1H3;3-4H,1-2H3;1-2H,(H2,9,11);1-2H,(H,10,11);1-3H. The first kappa shape index (κ1) is 56.8. The first-order chi connectivity index (χ1) is 30.4. The van der Waals surface area contributed by atoms with E-state index in [1.54, 1.807) is 6.20 Å². The number of carbonyl (C=O) groups excluding carboxylic acids is 3. The predicted octanol–water partition coefficient (Wildman–Crippen LogP) is 7.24. The monoisotopic (exact) mass is 1250 g/mol. The molecule has 28 heteroatoms. The van der Waals surface area contributed by atoms with Gasteiger partial charge < -0.3 is 10.8 Å². The molecule has 0 unspecified atom stereocenters. The maximum Gasteiger partial charge on any atom is 0.357 e. The zero-order chi connectivity index (χ0) is 49.2. The number of carboxylic acid groups (broad SMARTS) is 1. The summed E-state index contributed by atoms with van der Waals surface area (Å²) in [6, 6.07) is 5.93. The van der Waals surface area contributed by atoms with Crippen molar-refractivity contribution in [1.29, 1.82) is 0 Å². The van der Waals surface area contributed by atoms with Crippen LogP contribution in [0.4, 0.5) is 22.0 Å². The number of hydrogen-bond donors (Lipinski definition) is 2. The van der Waals surface area contributed by atoms with E-state index in [2.05, 4.69) is 109 Å². The first-order valence-corrected chi connectivity index (χ1v) is 23.2. The van der Waals surface area contributed by atoms with Gasteiger partial charge in [0.2, 0.25) is 10.0 Å². The van der Waals surface area contributed by atoms with E-state index in [0.717, 1.165) is 17.2 Å². The van der Waals surface area contributed by atoms with Gasteiger partial charge in [0.1, 0.15) is 11.5 Å². The van der Waals surface area contributed by atoms with E-state index < -0.39 is 56.8 Å². The highest BCUT2D eigenvalue weighted by molar-refractivity contribution is 9.11. The molecule has 0 aromatic carbocycles. The molecular formula is C37H33Br5F5N9O8S. The Morgan fingerprint density at radius 1 is 0.708 bits per heavy atom. The van der Waals surface area contributed by atoms with Gasteiger partial charge in [-0.05, 0) is 110 Å². The number of primary amides is 1. The number of aromatic nitrogens is 5. The number of nitrogens with two attached hydrogens (primary N) is 1. The van der Waals surface area contributed by atoms with E-state index in [1.807, 2.05) is 4.90 Å². The summed E-state index contributed by atoms with van der Waals surface area (Å²) in [5.74, 6) is -6.06. The van der Waals surface area contributed by atoms with Crippen molar-refractivity contribution in [3.63, 3.8) is 0 Å². The highest BCUT2D eigenvalue weighted by Crippen LogP contribution is 2.17. The van der Waals surface area contributed by atoms with Crippen LogP contribution in [0.1, 0.15) is 47.6 Å². The molecule has 5 aromatic rings. The topological polar surface area (TPSA) is 232 Å². The fraction of sp³-hybridized carbons (Fsp3) is 0.216. The maximum absolute atomic E-state index is 13.6. The Morgan fingerprint density at radius 3 is 1.48 bits per heavy atom. The van der Waals surface area contributed by atoms with Gasteiger partial charge in [-0.1, -0.05) is 0 Å². The third-order valence-corrected chi connectivity index (χ3v) is 11.1. The molecule has 0 atom stereocenters. The predicted molar refractivity (Wildman–Crippen MR) is 241 cm³/mol. The Labute approximate surface area is 409 Å². The lowest BCUT2D eigenvalue weighted by atomic mass is 10.3. The van der Waals surface area contributed by atoms with E-state index >= 15 is 0 Å². The summed E-state index contributed by atoms with van der Waals surface area (Å²) in [6.45, 7) is 2.46. The summed E-state index contributed by atoms with van der Waals surface area (Å²) in [5, 5.41) is 9.24. The number of amides is 2. The van der Waals surface area contributed by atoms with Crippen molar-refractivity contribution in [2.45, 2.75) is 6.54 Å². The second-order valence-electron chi connectivity index (χ2n) is 12.3. The van der Waals surface area contributed by atoms with Crippen molar-refractivity contribution in [1.82, 2.24) is 39.2 Å². The number of nitrogens with zero attached hydrogens (tertiary/aromatic N) is 8. The van der Waals surface area contributed by atoms with Gasteiger partial charge in [0.25, 0.3) is 11.8 Å². The Balaban J connectivity index is 0.000000286. The van der Waals surface area contributed by atoms with Crippen LogP contribution in [0.25, 0.3) is 0 Å². The molecule has 65 heavy (non-hydrogen) atoms. The smallest absolute Gasteiger partial charge is 0.357 e. The van der Waals surface area contributed by atoms with E-state index in [1.165, 1.54) is 67.7 Å². The SMILES string of the molecule is CON(C)C(=O)c1ncc(Br)cc1F.CS(=O)(=O)N1CCN(Cc2ncc(Br)cc2F)CC1.NC(=O)c1ncc(Br)cc1F.O=C(O)c1ncc(Br)cc1F.O=Cc1ncc(Br)cc1F. The first-order valence-electron chi connectivity index (χ1n) is 17.4. The minimum atomic E-state index is -3.13. The number of hydrogen-bond acceptors (Lipinski definition) is 13. The zero-order valence-corrected chi connectivity index (χ0v) is 42.3. The molecule has 0 saturated carbocycles. The normalized spacial score (nSPS) is 12.3. The van der Waals surface area contributed by atoms with Gasteiger partial charge in [0.15, 0.2) is 46.6 Å². The number of aromatic carboxylic acids is 1. The molecule has 5 aromatic heterocycles. The van der Waals surface area contributed by atoms with E-state index in [0.29, 0.717) is 67.1 Å². The Kier molecular flexibility index (Phi) is 23.9. The number of pyridine rings is 5. The fourth-order valence-corrected chi connectivity index (χ4v) is 6.82. The Hall–Kier alpha value is -4.29. The Morgan fingerprint density at radius 2 is 1.11 bits per heavy atom. The van der Waals surface area contributed by atoms with Crippen LogP contribution >= 0.6 is 79.6 Å². The van der Waals surface area contributed by atoms with Gasteiger partial charge in [-0.3, -0.25) is 29.1 Å². The number of sulfonamides is 1. The molecule has 6 rings (SSSR count). The van der Waals surface area contributed by atoms with Gasteiger partial charge in [0, 0.05) is 93.1 Å². The van der Waals surface area contributed by atoms with Crippen LogP contribution in [0.2, 0.25) is 0 Å². The molecular weight excluding hydrogens is 1230 g/mol. The molecule has 0 bridgehead atoms. The van der Waals surface area contributed by atoms with Crippen molar-refractivity contribution in [3.8, 4) is 0 Å². The van der Waals surface area contributed by atoms with Crippen molar-refractivity contribution in [3.05, 3.63) is 141 Å². The zero-order valence-electron chi connectivity index (χ0n) is 33.5. The molecule has 2 amide bonds. The molecule has 1 fully saturated rings. The molecule has 1 aliphatic rings. The van der Waals surface area contributed by atoms with Crippen molar-refractivity contribution < 1.29 is 59.5 Å². The average Bonchev–Trinajstić information content (AvgIpc) is 3.22. The second kappa shape index (κ2) is 27.4. The number of aldehydes is 1. The van der Waals surface area contributed by atoms with Crippen LogP contribution in [0.5, 0.6) is 0 Å². The lowest BCUT2D eigenvalue weighted by molar-refractivity contribution is -0.0763. The number of carboxylic acids is 1. The van der Waals surface area contributed by atoms with Crippen LogP contribution in [0.15, 0.2) is 83.7 Å². The minimum Gasteiger partial charge on any atom is -0.476 e. The van der Waals surface area contributed by atoms with E-state index in [4.69, 9.17) is 10.8 Å². The summed E-state index contributed by atoms with van der Waals surface area (Å²) in [4.78, 5) is 66.7. The summed E-state index contributed by atoms with van der Waals surface area (Å²) >= 11 is 15.2. The molecule has 1 aliphatic heterocycles. The molecule has 6 heterocycles. The summed E-state index contributed by atoms with van der Waals surface area (Å²) in [7, 11) is -0.431. The van der Waals surface area contributed by atoms with Gasteiger partial charge in [-0.25, -0.2) is 60.2 Å². The van der Waals surface area contributed by atoms with Crippen LogP contribution in [-0.4, -0.2) is 123 Å². The highest BCUT2D eigenvalue weighted by Gasteiger charge is 2.24. The van der Waals surface area contributed by atoms with Crippen LogP contribution in [0, 0.1) is 29.1 Å². The van der Waals surface area contributed by atoms with Gasteiger partial charge >= 0.3 is 5.97 Å². The van der Waals surface area contributed by atoms with Crippen LogP contribution < -0.4 is 5.73 Å². The molecule has 1 saturated heterocycles. The van der Waals surface area contributed by atoms with Crippen molar-refractivity contribution >= 4 is 114 Å². The summed E-state index contributed by atoms with van der Waals surface area (Å²) < 4.78 is 91.4. The third kappa shape index (κ3) is 19.6. The molecule has 0 spiro atoms. The van der Waals surface area contributed by atoms with Gasteiger partial charge in [-0.2, -0.15) is 4.31 Å². The maximum atomic E-state index is 13.6. The summed E-state index contributed by atoms with van der Waals surface area (Å²) in [6.07, 6.45) is 8.40. The number of piperazine rings is 1. The van der Waals surface area contributed by atoms with Gasteiger partial charge in [0.05, 0.1) is 19.1 Å². The number of hydroxylamine groups is 2. The van der Waals surface area contributed by atoms with Crippen LogP contribution in [-0.2, 0) is 21.4 Å². The molecule has 17 nitrogen and oxygen atoms in total. The van der Waals surface area contributed by atoms with Crippen LogP contribution in [0.3, 0.4) is 0 Å². The number of rotatable bonds is 8. The molecule has 0 radical (unpaired) electrons. The highest BCUT2D eigenvalue weighted by atomic mass is 79.9. The number of halogens is 10. The van der Waals surface area contributed by atoms with E-state index in [-0.39, 0.29) is 22.9 Å². The number of carbonyl (C=O) groups is 4. The summed E-state index contributed by atoms with van der Waals surface area (Å²) in [5.41, 5.74) is 3.86. The third-order valence-electron chi connectivity index (χ3n) is 7.63. The van der Waals surface area contributed by atoms with Crippen molar-refractivity contribution in [2.24, 2.45) is 5.73 Å². The lowest BCUT2D eigenvalue weighted by Gasteiger charge is -2.32. The lowest BCUT2D eigenvalue weighted by Crippen LogP contribution is -2.47. The van der Waals surface area contributed by atoms with E-state index in [9.17, 15) is 49.5 Å². The van der Waals surface area contributed by atoms with Gasteiger partial charge in [-0.15, -0.1) is 0 Å².